The van der Waals surface area contributed by atoms with Crippen LogP contribution in [0, 0.1) is 11.8 Å². The van der Waals surface area contributed by atoms with Crippen LogP contribution in [0.1, 0.15) is 90.6 Å². The molecule has 0 bridgehead atoms. The van der Waals surface area contributed by atoms with Crippen molar-refractivity contribution in [2.24, 2.45) is 11.8 Å². The molecule has 5 rings (SSSR count). The molecule has 2 nitrogen and oxygen atoms in total. The van der Waals surface area contributed by atoms with Gasteiger partial charge < -0.3 is 0 Å². The predicted octanol–water partition coefficient (Wildman–Crippen LogP) is 13.2. The van der Waals surface area contributed by atoms with Crippen molar-refractivity contribution in [2.75, 3.05) is 0 Å². The molecule has 0 aliphatic rings. The summed E-state index contributed by atoms with van der Waals surface area (Å²) >= 11 is -0.761. The normalized spacial score (nSPS) is 14.1. The summed E-state index contributed by atoms with van der Waals surface area (Å²) in [5, 5.41) is 2.85. The van der Waals surface area contributed by atoms with Gasteiger partial charge in [0.05, 0.1) is 0 Å². The molecule has 2 atom stereocenters. The molecule has 1 aromatic carbocycles. The molecule has 46 heavy (non-hydrogen) atoms. The van der Waals surface area contributed by atoms with Crippen LogP contribution in [0.3, 0.4) is 0 Å². The Labute approximate surface area is 295 Å². The van der Waals surface area contributed by atoms with Crippen LogP contribution in [0.4, 0.5) is 0 Å². The summed E-state index contributed by atoms with van der Waals surface area (Å²) in [5.74, 6) is 5.65. The van der Waals surface area contributed by atoms with E-state index in [1.54, 1.807) is 6.47 Å². The standard InChI is InChI=1S/C34H40O2S2.6CH3.2Sn/c1-5-9-11-23(7-3)21-25-13-15-28(35-25)33-32-27-19-20-37-30(27)17-18-31(32)38-34(33)29-16-14-26(36-29)22-24(8-4)12-10-6-2;;;;;;;;/h13-17,19,23-24H,5-12,21-22H2,1-4H3;6*1H3;;. The number of fused-ring (bicyclic) bond motifs is 3. The van der Waals surface area contributed by atoms with Crippen LogP contribution in [0.2, 0.25) is 29.6 Å². The van der Waals surface area contributed by atoms with Crippen molar-refractivity contribution >= 4 is 86.1 Å². The monoisotopic (exact) mass is 874 g/mol. The maximum absolute atomic E-state index is 6.89. The molecule has 0 spiro atoms. The predicted molar refractivity (Wildman–Crippen MR) is 213 cm³/mol. The molecule has 4 aromatic heterocycles. The van der Waals surface area contributed by atoms with Gasteiger partial charge >= 0.3 is 284 Å². The van der Waals surface area contributed by atoms with Gasteiger partial charge in [0.2, 0.25) is 0 Å². The molecule has 0 N–H and O–H groups in total. The van der Waals surface area contributed by atoms with E-state index in [4.69, 9.17) is 8.83 Å². The fraction of sp³-hybridized carbons (Fsp3) is 0.550. The van der Waals surface area contributed by atoms with Crippen molar-refractivity contribution in [2.45, 2.75) is 122 Å². The van der Waals surface area contributed by atoms with E-state index < -0.39 is 36.8 Å². The van der Waals surface area contributed by atoms with E-state index in [1.807, 2.05) is 11.3 Å². The Balaban J connectivity index is 1.72. The first-order valence-electron chi connectivity index (χ1n) is 18.1. The molecule has 0 amide bonds. The summed E-state index contributed by atoms with van der Waals surface area (Å²) in [6.07, 6.45) is 12.1. The molecule has 5 aromatic rings. The summed E-state index contributed by atoms with van der Waals surface area (Å²) in [6, 6.07) is 14.2. The minimum absolute atomic E-state index is 0.677. The fourth-order valence-corrected chi connectivity index (χ4v) is 21.1. The van der Waals surface area contributed by atoms with Gasteiger partial charge in [-0.05, 0) is 0 Å². The average molecular weight is 872 g/mol. The topological polar surface area (TPSA) is 26.3 Å². The molecule has 2 unspecified atom stereocenters. The molecule has 6 heteroatoms. The number of rotatable bonds is 16. The average Bonchev–Trinajstić information content (AvgIpc) is 3.80. The third-order valence-corrected chi connectivity index (χ3v) is 27.9. The second-order valence-electron chi connectivity index (χ2n) is 15.7. The molecule has 0 saturated carbocycles. The van der Waals surface area contributed by atoms with Gasteiger partial charge in [0.25, 0.3) is 0 Å². The first-order chi connectivity index (χ1) is 21.9. The zero-order valence-electron chi connectivity index (χ0n) is 30.3. The van der Waals surface area contributed by atoms with E-state index >= 15 is 0 Å². The zero-order valence-corrected chi connectivity index (χ0v) is 37.7. The third kappa shape index (κ3) is 8.18. The zero-order chi connectivity index (χ0) is 33.2. The van der Waals surface area contributed by atoms with Crippen LogP contribution in [0.25, 0.3) is 42.1 Å². The quantitative estimate of drug-likeness (QED) is 0.0924. The van der Waals surface area contributed by atoms with Gasteiger partial charge in [0.15, 0.2) is 0 Å². The molecular weight excluding hydrogens is 814 g/mol. The van der Waals surface area contributed by atoms with Crippen molar-refractivity contribution in [1.82, 2.24) is 0 Å². The first kappa shape index (κ1) is 36.6. The van der Waals surface area contributed by atoms with E-state index in [2.05, 4.69) is 105 Å². The first-order valence-corrected chi connectivity index (χ1v) is 39.7. The number of hydrogen-bond donors (Lipinski definition) is 0. The Morgan fingerprint density at radius 3 is 1.76 bits per heavy atom. The Morgan fingerprint density at radius 2 is 1.24 bits per heavy atom. The Morgan fingerprint density at radius 1 is 0.674 bits per heavy atom. The van der Waals surface area contributed by atoms with Gasteiger partial charge in [0.1, 0.15) is 0 Å². The number of benzene rings is 1. The van der Waals surface area contributed by atoms with Crippen molar-refractivity contribution in [1.29, 1.82) is 0 Å². The molecule has 0 aliphatic heterocycles. The Kier molecular flexibility index (Phi) is 12.3. The van der Waals surface area contributed by atoms with Gasteiger partial charge in [-0.1, -0.05) is 13.8 Å². The van der Waals surface area contributed by atoms with Gasteiger partial charge in [0, 0.05) is 0 Å². The Bertz CT molecular complexity index is 1740. The molecule has 0 saturated heterocycles. The Hall–Kier alpha value is -0.703. The summed E-state index contributed by atoms with van der Waals surface area (Å²) in [7, 11) is 0. The summed E-state index contributed by atoms with van der Waals surface area (Å²) in [6.45, 7) is 9.25. The van der Waals surface area contributed by atoms with Gasteiger partial charge in [-0.15, -0.1) is 0 Å². The van der Waals surface area contributed by atoms with Crippen LogP contribution >= 0.6 is 22.7 Å². The number of thiophene rings is 2. The second-order valence-corrected chi connectivity index (χ2v) is 47.6. The number of hydrogen-bond acceptors (Lipinski definition) is 4. The summed E-state index contributed by atoms with van der Waals surface area (Å²) < 4.78 is 19.9. The van der Waals surface area contributed by atoms with Crippen LogP contribution in [0.5, 0.6) is 0 Å². The minimum atomic E-state index is -2.52. The van der Waals surface area contributed by atoms with E-state index in [-0.39, 0.29) is 0 Å². The molecule has 0 aliphatic carbocycles. The van der Waals surface area contributed by atoms with Gasteiger partial charge in [-0.25, -0.2) is 0 Å². The van der Waals surface area contributed by atoms with E-state index in [1.165, 1.54) is 82.0 Å². The van der Waals surface area contributed by atoms with Crippen LogP contribution < -0.4 is 6.47 Å². The SMILES string of the molecule is CCCCC(CC)Cc1ccc(-c2sc3[c]([Sn]([CH3])([CH3])[CH3])cc4s[c]([Sn]([CH3])([CH3])[CH3])cc4c3c2-c2ccc(CC(CC)CCCC)o2)o1. The molecule has 250 valence electrons. The maximum atomic E-state index is 6.89. The van der Waals surface area contributed by atoms with E-state index in [9.17, 15) is 0 Å². The van der Waals surface area contributed by atoms with Crippen LogP contribution in [0.15, 0.2) is 45.2 Å². The summed E-state index contributed by atoms with van der Waals surface area (Å²) in [5.41, 5.74) is 1.27. The summed E-state index contributed by atoms with van der Waals surface area (Å²) in [4.78, 5) is 16.6. The molecular formula is C40H58O2S2Sn2. The molecule has 0 radical (unpaired) electrons. The van der Waals surface area contributed by atoms with Crippen molar-refractivity contribution in [3.05, 3.63) is 47.9 Å². The van der Waals surface area contributed by atoms with Crippen LogP contribution in [-0.2, 0) is 12.8 Å². The van der Waals surface area contributed by atoms with Gasteiger partial charge in [-0.2, -0.15) is 0 Å². The van der Waals surface area contributed by atoms with Crippen molar-refractivity contribution in [3.8, 4) is 22.0 Å². The molecule has 0 fully saturated rings. The van der Waals surface area contributed by atoms with E-state index in [0.29, 0.717) is 11.8 Å². The fourth-order valence-electron chi connectivity index (χ4n) is 6.80. The number of furan rings is 2. The van der Waals surface area contributed by atoms with Crippen molar-refractivity contribution in [3.63, 3.8) is 0 Å². The molecule has 4 heterocycles. The second kappa shape index (κ2) is 15.5. The van der Waals surface area contributed by atoms with E-state index in [0.717, 1.165) is 35.9 Å². The van der Waals surface area contributed by atoms with Gasteiger partial charge in [-0.3, -0.25) is 0 Å². The number of unbranched alkanes of at least 4 members (excludes halogenated alkanes) is 2. The third-order valence-electron chi connectivity index (χ3n) is 9.87. The van der Waals surface area contributed by atoms with Crippen molar-refractivity contribution < 1.29 is 8.83 Å². The van der Waals surface area contributed by atoms with Crippen LogP contribution in [-0.4, -0.2) is 36.8 Å².